The van der Waals surface area contributed by atoms with Gasteiger partial charge in [-0.2, -0.15) is 0 Å². The monoisotopic (exact) mass is 305 g/mol. The van der Waals surface area contributed by atoms with Gasteiger partial charge in [0.15, 0.2) is 0 Å². The highest BCUT2D eigenvalue weighted by atomic mass is 16.5. The van der Waals surface area contributed by atoms with E-state index in [2.05, 4.69) is 24.1 Å². The Balaban J connectivity index is 1.74. The molecule has 1 fully saturated rings. The fourth-order valence-electron chi connectivity index (χ4n) is 2.96. The molecule has 2 rings (SSSR count). The summed E-state index contributed by atoms with van der Waals surface area (Å²) in [5, 5.41) is 2.95. The van der Waals surface area contributed by atoms with E-state index in [-0.39, 0.29) is 18.1 Å². The Morgan fingerprint density at radius 1 is 1.32 bits per heavy atom. The minimum atomic E-state index is 0.0512. The molecule has 22 heavy (non-hydrogen) atoms. The summed E-state index contributed by atoms with van der Waals surface area (Å²) >= 11 is 0. The van der Waals surface area contributed by atoms with Crippen LogP contribution < -0.4 is 11.1 Å². The summed E-state index contributed by atoms with van der Waals surface area (Å²) in [6, 6.07) is 7.67. The van der Waals surface area contributed by atoms with Crippen LogP contribution in [0.1, 0.15) is 32.3 Å². The van der Waals surface area contributed by atoms with E-state index in [4.69, 9.17) is 10.5 Å². The third kappa shape index (κ3) is 5.09. The summed E-state index contributed by atoms with van der Waals surface area (Å²) in [6.45, 7) is 7.45. The maximum atomic E-state index is 12.1. The molecule has 2 unspecified atom stereocenters. The number of ether oxygens (including phenoxy) is 1. The lowest BCUT2D eigenvalue weighted by Gasteiger charge is -2.35. The lowest BCUT2D eigenvalue weighted by Crippen LogP contribution is -2.45. The summed E-state index contributed by atoms with van der Waals surface area (Å²) < 4.78 is 5.72. The van der Waals surface area contributed by atoms with E-state index >= 15 is 0 Å². The first-order chi connectivity index (χ1) is 10.6. The van der Waals surface area contributed by atoms with Crippen LogP contribution in [-0.2, 0) is 16.1 Å². The average molecular weight is 305 g/mol. The first-order valence-electron chi connectivity index (χ1n) is 8.04. The van der Waals surface area contributed by atoms with Gasteiger partial charge in [-0.25, -0.2) is 0 Å². The molecule has 1 aliphatic rings. The first-order valence-corrected chi connectivity index (χ1v) is 8.04. The number of nitrogens with two attached hydrogens (primary N) is 1. The third-order valence-electron chi connectivity index (χ3n) is 3.88. The van der Waals surface area contributed by atoms with Gasteiger partial charge in [0.25, 0.3) is 0 Å². The van der Waals surface area contributed by atoms with Crippen LogP contribution in [0, 0.1) is 0 Å². The van der Waals surface area contributed by atoms with Crippen LogP contribution >= 0.6 is 0 Å². The number of carbonyl (C=O) groups excluding carboxylic acids is 1. The molecule has 1 amide bonds. The number of carbonyl (C=O) groups is 1. The van der Waals surface area contributed by atoms with Crippen molar-refractivity contribution in [3.8, 4) is 0 Å². The minimum Gasteiger partial charge on any atom is -0.373 e. The number of rotatable bonds is 6. The number of nitrogens with one attached hydrogen (secondary N) is 1. The van der Waals surface area contributed by atoms with Crippen molar-refractivity contribution in [2.24, 2.45) is 5.73 Å². The van der Waals surface area contributed by atoms with E-state index in [0.717, 1.165) is 37.3 Å². The molecule has 0 saturated carbocycles. The van der Waals surface area contributed by atoms with Crippen molar-refractivity contribution in [2.45, 2.75) is 45.4 Å². The van der Waals surface area contributed by atoms with E-state index in [1.165, 1.54) is 0 Å². The van der Waals surface area contributed by atoms with Crippen molar-refractivity contribution in [2.75, 3.05) is 25.0 Å². The van der Waals surface area contributed by atoms with Crippen molar-refractivity contribution < 1.29 is 9.53 Å². The Bertz CT molecular complexity index is 483. The van der Waals surface area contributed by atoms with E-state index in [1.54, 1.807) is 0 Å². The molecule has 1 aromatic carbocycles. The molecular formula is C17H27N3O2. The number of anilines is 1. The number of amides is 1. The average Bonchev–Trinajstić information content (AvgIpc) is 2.46. The maximum Gasteiger partial charge on any atom is 0.224 e. The molecule has 122 valence electrons. The number of morpholine rings is 1. The molecule has 1 saturated heterocycles. The molecule has 0 aromatic heterocycles. The molecule has 1 heterocycles. The Morgan fingerprint density at radius 3 is 2.68 bits per heavy atom. The summed E-state index contributed by atoms with van der Waals surface area (Å²) in [5.74, 6) is 0.0512. The topological polar surface area (TPSA) is 67.6 Å². The summed E-state index contributed by atoms with van der Waals surface area (Å²) in [4.78, 5) is 14.4. The zero-order chi connectivity index (χ0) is 15.9. The number of nitrogens with zero attached hydrogens (tertiary/aromatic N) is 1. The minimum absolute atomic E-state index is 0.0512. The highest BCUT2D eigenvalue weighted by Crippen LogP contribution is 2.15. The molecule has 0 bridgehead atoms. The fourth-order valence-corrected chi connectivity index (χ4v) is 2.96. The highest BCUT2D eigenvalue weighted by molar-refractivity contribution is 5.91. The van der Waals surface area contributed by atoms with Gasteiger partial charge in [0.1, 0.15) is 0 Å². The predicted molar refractivity (Wildman–Crippen MR) is 88.6 cm³/mol. The molecular weight excluding hydrogens is 278 g/mol. The normalized spacial score (nSPS) is 22.5. The Hall–Kier alpha value is -1.43. The predicted octanol–water partition coefficient (Wildman–Crippen LogP) is 1.97. The summed E-state index contributed by atoms with van der Waals surface area (Å²) in [7, 11) is 0. The number of benzene rings is 1. The van der Waals surface area contributed by atoms with Crippen molar-refractivity contribution in [1.29, 1.82) is 0 Å². The van der Waals surface area contributed by atoms with Crippen molar-refractivity contribution in [3.05, 3.63) is 29.8 Å². The van der Waals surface area contributed by atoms with Gasteiger partial charge >= 0.3 is 0 Å². The van der Waals surface area contributed by atoms with Gasteiger partial charge in [0.2, 0.25) is 5.91 Å². The van der Waals surface area contributed by atoms with Crippen LogP contribution in [0.25, 0.3) is 0 Å². The summed E-state index contributed by atoms with van der Waals surface area (Å²) in [6.07, 6.45) is 1.93. The Kier molecular flexibility index (Phi) is 6.36. The van der Waals surface area contributed by atoms with Crippen LogP contribution in [0.15, 0.2) is 24.3 Å². The maximum absolute atomic E-state index is 12.1. The molecule has 1 aromatic rings. The molecule has 0 aliphatic carbocycles. The van der Waals surface area contributed by atoms with Crippen LogP contribution in [0.3, 0.4) is 0 Å². The van der Waals surface area contributed by atoms with E-state index in [0.29, 0.717) is 13.0 Å². The SMILES string of the molecule is CC1CN(CCCC(=O)Nc2ccccc2CN)CC(C)O1. The molecule has 2 atom stereocenters. The molecule has 1 aliphatic heterocycles. The zero-order valence-corrected chi connectivity index (χ0v) is 13.5. The molecule has 5 nitrogen and oxygen atoms in total. The highest BCUT2D eigenvalue weighted by Gasteiger charge is 2.21. The van der Waals surface area contributed by atoms with E-state index in [1.807, 2.05) is 24.3 Å². The van der Waals surface area contributed by atoms with Crippen molar-refractivity contribution >= 4 is 11.6 Å². The second kappa shape index (κ2) is 8.27. The third-order valence-corrected chi connectivity index (χ3v) is 3.88. The van der Waals surface area contributed by atoms with Gasteiger partial charge in [-0.1, -0.05) is 18.2 Å². The van der Waals surface area contributed by atoms with Crippen LogP contribution in [0.5, 0.6) is 0 Å². The Labute approximate surface area is 132 Å². The van der Waals surface area contributed by atoms with E-state index in [9.17, 15) is 4.79 Å². The van der Waals surface area contributed by atoms with Gasteiger partial charge in [0.05, 0.1) is 12.2 Å². The van der Waals surface area contributed by atoms with E-state index < -0.39 is 0 Å². The second-order valence-corrected chi connectivity index (χ2v) is 6.03. The Morgan fingerprint density at radius 2 is 2.00 bits per heavy atom. The molecule has 3 N–H and O–H groups in total. The van der Waals surface area contributed by atoms with Crippen LogP contribution in [0.4, 0.5) is 5.69 Å². The zero-order valence-electron chi connectivity index (χ0n) is 13.5. The van der Waals surface area contributed by atoms with Gasteiger partial charge in [0, 0.05) is 31.7 Å². The number of hydrogen-bond acceptors (Lipinski definition) is 4. The summed E-state index contributed by atoms with van der Waals surface area (Å²) in [5.41, 5.74) is 7.47. The lowest BCUT2D eigenvalue weighted by molar-refractivity contribution is -0.116. The van der Waals surface area contributed by atoms with Gasteiger partial charge in [-0.05, 0) is 38.4 Å². The fraction of sp³-hybridized carbons (Fsp3) is 0.588. The molecule has 0 spiro atoms. The second-order valence-electron chi connectivity index (χ2n) is 6.03. The lowest BCUT2D eigenvalue weighted by atomic mass is 10.1. The van der Waals surface area contributed by atoms with Crippen LogP contribution in [0.2, 0.25) is 0 Å². The standard InChI is InChI=1S/C17H27N3O2/c1-13-11-20(12-14(2)22-13)9-5-8-17(21)19-16-7-4-3-6-15(16)10-18/h3-4,6-7,13-14H,5,8-12,18H2,1-2H3,(H,19,21). The van der Waals surface area contributed by atoms with Gasteiger partial charge in [-0.15, -0.1) is 0 Å². The van der Waals surface area contributed by atoms with Crippen LogP contribution in [-0.4, -0.2) is 42.6 Å². The number of hydrogen-bond donors (Lipinski definition) is 2. The largest absolute Gasteiger partial charge is 0.373 e. The van der Waals surface area contributed by atoms with Gasteiger partial charge < -0.3 is 15.8 Å². The molecule has 5 heteroatoms. The number of para-hydroxylation sites is 1. The molecule has 0 radical (unpaired) electrons. The smallest absolute Gasteiger partial charge is 0.224 e. The van der Waals surface area contributed by atoms with Crippen molar-refractivity contribution in [3.63, 3.8) is 0 Å². The first kappa shape index (κ1) is 16.9. The van der Waals surface area contributed by atoms with Crippen molar-refractivity contribution in [1.82, 2.24) is 4.90 Å². The van der Waals surface area contributed by atoms with Gasteiger partial charge in [-0.3, -0.25) is 9.69 Å². The quantitative estimate of drug-likeness (QED) is 0.843.